The fourth-order valence-electron chi connectivity index (χ4n) is 1.52. The molecule has 0 aromatic heterocycles. The monoisotopic (exact) mass is 276 g/mol. The van der Waals surface area contributed by atoms with Gasteiger partial charge < -0.3 is 11.1 Å². The maximum atomic E-state index is 13.4. The van der Waals surface area contributed by atoms with Gasteiger partial charge in [0.05, 0.1) is 5.75 Å². The molecule has 0 atom stereocenters. The summed E-state index contributed by atoms with van der Waals surface area (Å²) in [7, 11) is 0. The van der Waals surface area contributed by atoms with Crippen molar-refractivity contribution in [1.82, 2.24) is 0 Å². The highest BCUT2D eigenvalue weighted by atomic mass is 32.2. The molecule has 0 spiro atoms. The molecule has 0 bridgehead atoms. The standard InChI is InChI=1S/C14H13FN2OS/c15-12-6-1-2-7-13(12)19-9-14(18)17-11-5-3-4-10(16)8-11/h1-8H,9,16H2,(H,17,18). The minimum atomic E-state index is -0.316. The van der Waals surface area contributed by atoms with Gasteiger partial charge in [-0.3, -0.25) is 4.79 Å². The molecule has 2 aromatic carbocycles. The summed E-state index contributed by atoms with van der Waals surface area (Å²) in [5.41, 5.74) is 6.83. The van der Waals surface area contributed by atoms with Crippen molar-refractivity contribution in [3.8, 4) is 0 Å². The number of benzene rings is 2. The Kier molecular flexibility index (Phi) is 4.41. The number of halogens is 1. The number of anilines is 2. The van der Waals surface area contributed by atoms with Gasteiger partial charge in [-0.2, -0.15) is 0 Å². The van der Waals surface area contributed by atoms with Gasteiger partial charge in [-0.05, 0) is 30.3 Å². The minimum Gasteiger partial charge on any atom is -0.399 e. The number of thioether (sulfide) groups is 1. The molecule has 1 amide bonds. The van der Waals surface area contributed by atoms with E-state index in [-0.39, 0.29) is 17.5 Å². The zero-order valence-electron chi connectivity index (χ0n) is 10.1. The van der Waals surface area contributed by atoms with E-state index in [1.54, 1.807) is 42.5 Å². The van der Waals surface area contributed by atoms with E-state index in [4.69, 9.17) is 5.73 Å². The van der Waals surface area contributed by atoms with Gasteiger partial charge in [0.2, 0.25) is 5.91 Å². The van der Waals surface area contributed by atoms with Gasteiger partial charge >= 0.3 is 0 Å². The van der Waals surface area contributed by atoms with E-state index in [9.17, 15) is 9.18 Å². The first-order valence-corrected chi connectivity index (χ1v) is 6.66. The molecule has 98 valence electrons. The van der Waals surface area contributed by atoms with Crippen molar-refractivity contribution in [2.24, 2.45) is 0 Å². The molecule has 0 saturated heterocycles. The Morgan fingerprint density at radius 2 is 2.00 bits per heavy atom. The first kappa shape index (κ1) is 13.4. The van der Waals surface area contributed by atoms with E-state index in [1.807, 2.05) is 0 Å². The summed E-state index contributed by atoms with van der Waals surface area (Å²) < 4.78 is 13.4. The fraction of sp³-hybridized carbons (Fsp3) is 0.0714. The summed E-state index contributed by atoms with van der Waals surface area (Å²) >= 11 is 1.16. The molecule has 0 unspecified atom stereocenters. The highest BCUT2D eigenvalue weighted by molar-refractivity contribution is 8.00. The first-order valence-electron chi connectivity index (χ1n) is 5.68. The third-order valence-electron chi connectivity index (χ3n) is 2.37. The molecule has 3 N–H and O–H groups in total. The molecule has 0 aliphatic rings. The van der Waals surface area contributed by atoms with E-state index in [2.05, 4.69) is 5.32 Å². The predicted octanol–water partition coefficient (Wildman–Crippen LogP) is 3.14. The van der Waals surface area contributed by atoms with Gasteiger partial charge in [-0.1, -0.05) is 18.2 Å². The molecule has 3 nitrogen and oxygen atoms in total. The second kappa shape index (κ2) is 6.24. The average molecular weight is 276 g/mol. The van der Waals surface area contributed by atoms with Crippen LogP contribution in [0.2, 0.25) is 0 Å². The lowest BCUT2D eigenvalue weighted by atomic mass is 10.3. The lowest BCUT2D eigenvalue weighted by molar-refractivity contribution is -0.113. The van der Waals surface area contributed by atoms with Gasteiger partial charge in [-0.15, -0.1) is 11.8 Å². The van der Waals surface area contributed by atoms with Crippen LogP contribution >= 0.6 is 11.8 Å². The molecule has 0 heterocycles. The summed E-state index contributed by atoms with van der Waals surface area (Å²) in [5.74, 6) is -0.362. The number of nitrogens with two attached hydrogens (primary N) is 1. The largest absolute Gasteiger partial charge is 0.399 e. The van der Waals surface area contributed by atoms with Crippen molar-refractivity contribution < 1.29 is 9.18 Å². The molecule has 0 aliphatic carbocycles. The van der Waals surface area contributed by atoms with Crippen molar-refractivity contribution in [2.75, 3.05) is 16.8 Å². The van der Waals surface area contributed by atoms with Gasteiger partial charge in [-0.25, -0.2) is 4.39 Å². The topological polar surface area (TPSA) is 55.1 Å². The van der Waals surface area contributed by atoms with Crippen LogP contribution in [0.25, 0.3) is 0 Å². The fourth-order valence-corrected chi connectivity index (χ4v) is 2.26. The number of rotatable bonds is 4. The Hall–Kier alpha value is -2.01. The Morgan fingerprint density at radius 3 is 2.74 bits per heavy atom. The Morgan fingerprint density at radius 1 is 1.21 bits per heavy atom. The van der Waals surface area contributed by atoms with E-state index >= 15 is 0 Å². The highest BCUT2D eigenvalue weighted by Gasteiger charge is 2.06. The number of hydrogen-bond acceptors (Lipinski definition) is 3. The van der Waals surface area contributed by atoms with Crippen LogP contribution in [0.3, 0.4) is 0 Å². The molecule has 19 heavy (non-hydrogen) atoms. The minimum absolute atomic E-state index is 0.149. The second-order valence-corrected chi connectivity index (χ2v) is 4.91. The molecule has 0 aliphatic heterocycles. The molecule has 2 rings (SSSR count). The maximum Gasteiger partial charge on any atom is 0.234 e. The third-order valence-corrected chi connectivity index (χ3v) is 3.41. The Labute approximate surface area is 115 Å². The van der Waals surface area contributed by atoms with Crippen LogP contribution in [0.5, 0.6) is 0 Å². The summed E-state index contributed by atoms with van der Waals surface area (Å²) in [6, 6.07) is 13.3. The van der Waals surface area contributed by atoms with Crippen LogP contribution in [0.4, 0.5) is 15.8 Å². The number of amides is 1. The second-order valence-electron chi connectivity index (χ2n) is 3.89. The van der Waals surface area contributed by atoms with Crippen LogP contribution in [0.15, 0.2) is 53.4 Å². The zero-order valence-corrected chi connectivity index (χ0v) is 10.9. The third kappa shape index (κ3) is 3.99. The molecule has 0 saturated carbocycles. The number of nitrogen functional groups attached to an aromatic ring is 1. The van der Waals surface area contributed by atoms with Gasteiger partial charge in [0, 0.05) is 16.3 Å². The SMILES string of the molecule is Nc1cccc(NC(=O)CSc2ccccc2F)c1. The summed E-state index contributed by atoms with van der Waals surface area (Å²) in [6.07, 6.45) is 0. The van der Waals surface area contributed by atoms with Crippen molar-refractivity contribution >= 4 is 29.0 Å². The lowest BCUT2D eigenvalue weighted by Crippen LogP contribution is -2.14. The van der Waals surface area contributed by atoms with Crippen molar-refractivity contribution in [2.45, 2.75) is 4.90 Å². The van der Waals surface area contributed by atoms with Crippen LogP contribution in [0.1, 0.15) is 0 Å². The van der Waals surface area contributed by atoms with Gasteiger partial charge in [0.1, 0.15) is 5.82 Å². The van der Waals surface area contributed by atoms with E-state index in [0.29, 0.717) is 16.3 Å². The molecule has 2 aromatic rings. The van der Waals surface area contributed by atoms with E-state index in [1.165, 1.54) is 6.07 Å². The number of hydrogen-bond donors (Lipinski definition) is 2. The molecule has 0 fully saturated rings. The smallest absolute Gasteiger partial charge is 0.234 e. The molecule has 5 heteroatoms. The average Bonchev–Trinajstić information content (AvgIpc) is 2.38. The van der Waals surface area contributed by atoms with Crippen molar-refractivity contribution in [3.05, 3.63) is 54.3 Å². The summed E-state index contributed by atoms with van der Waals surface area (Å²) in [5, 5.41) is 2.71. The summed E-state index contributed by atoms with van der Waals surface area (Å²) in [6.45, 7) is 0. The number of carbonyl (C=O) groups excluding carboxylic acids is 1. The van der Waals surface area contributed by atoms with Crippen molar-refractivity contribution in [3.63, 3.8) is 0 Å². The zero-order chi connectivity index (χ0) is 13.7. The van der Waals surface area contributed by atoms with Crippen LogP contribution in [0, 0.1) is 5.82 Å². The number of nitrogens with one attached hydrogen (secondary N) is 1. The highest BCUT2D eigenvalue weighted by Crippen LogP contribution is 2.21. The van der Waals surface area contributed by atoms with Gasteiger partial charge in [0.15, 0.2) is 0 Å². The molecule has 0 radical (unpaired) electrons. The van der Waals surface area contributed by atoms with E-state index in [0.717, 1.165) is 11.8 Å². The van der Waals surface area contributed by atoms with Gasteiger partial charge in [0.25, 0.3) is 0 Å². The van der Waals surface area contributed by atoms with Crippen LogP contribution in [-0.2, 0) is 4.79 Å². The molecular weight excluding hydrogens is 263 g/mol. The van der Waals surface area contributed by atoms with Crippen molar-refractivity contribution in [1.29, 1.82) is 0 Å². The first-order chi connectivity index (χ1) is 9.15. The quantitative estimate of drug-likeness (QED) is 0.666. The predicted molar refractivity (Wildman–Crippen MR) is 76.6 cm³/mol. The normalized spacial score (nSPS) is 10.2. The maximum absolute atomic E-state index is 13.4. The lowest BCUT2D eigenvalue weighted by Gasteiger charge is -2.06. The Bertz CT molecular complexity index is 589. The molecular formula is C14H13FN2OS. The van der Waals surface area contributed by atoms with Crippen LogP contribution < -0.4 is 11.1 Å². The van der Waals surface area contributed by atoms with E-state index < -0.39 is 0 Å². The Balaban J connectivity index is 1.90. The van der Waals surface area contributed by atoms with Crippen LogP contribution in [-0.4, -0.2) is 11.7 Å². The number of carbonyl (C=O) groups is 1. The summed E-state index contributed by atoms with van der Waals surface area (Å²) in [4.78, 5) is 12.2.